The molecule has 1 aromatic carbocycles. The summed E-state index contributed by atoms with van der Waals surface area (Å²) in [7, 11) is 0. The molecular weight excluding hydrogens is 214 g/mol. The Morgan fingerprint density at radius 1 is 1.38 bits per heavy atom. The Hall–Kier alpha value is -0.730. The van der Waals surface area contributed by atoms with Crippen LogP contribution in [0.2, 0.25) is 0 Å². The maximum Gasteiger partial charge on any atom is 0.0216 e. The zero-order valence-corrected chi connectivity index (χ0v) is 10.9. The van der Waals surface area contributed by atoms with Crippen molar-refractivity contribution in [2.45, 2.75) is 31.2 Å². The van der Waals surface area contributed by atoms with Gasteiger partial charge in [0, 0.05) is 17.2 Å². The summed E-state index contributed by atoms with van der Waals surface area (Å²) in [4.78, 5) is 1.37. The van der Waals surface area contributed by atoms with Crippen LogP contribution in [0.1, 0.15) is 25.3 Å². The molecule has 0 unspecified atom stereocenters. The quantitative estimate of drug-likeness (QED) is 0.417. The van der Waals surface area contributed by atoms with Gasteiger partial charge < -0.3 is 5.32 Å². The van der Waals surface area contributed by atoms with Crippen LogP contribution in [-0.4, -0.2) is 12.3 Å². The lowest BCUT2D eigenvalue weighted by atomic mass is 10.2. The molecule has 0 radical (unpaired) electrons. The van der Waals surface area contributed by atoms with Crippen molar-refractivity contribution in [2.24, 2.45) is 0 Å². The van der Waals surface area contributed by atoms with Crippen molar-refractivity contribution >= 4 is 11.8 Å². The van der Waals surface area contributed by atoms with Crippen molar-refractivity contribution < 1.29 is 0 Å². The molecule has 88 valence electrons. The molecule has 0 aromatic heterocycles. The van der Waals surface area contributed by atoms with Gasteiger partial charge in [-0.05, 0) is 24.6 Å². The van der Waals surface area contributed by atoms with E-state index in [1.807, 2.05) is 17.8 Å². The predicted octanol–water partition coefficient (Wildman–Crippen LogP) is 3.85. The molecule has 0 aliphatic rings. The molecule has 0 saturated heterocycles. The van der Waals surface area contributed by atoms with E-state index in [4.69, 9.17) is 0 Å². The Labute approximate surface area is 103 Å². The molecule has 0 aliphatic carbocycles. The Kier molecular flexibility index (Phi) is 7.02. The van der Waals surface area contributed by atoms with Gasteiger partial charge in [0.15, 0.2) is 0 Å². The smallest absolute Gasteiger partial charge is 0.0216 e. The number of hydrogen-bond acceptors (Lipinski definition) is 2. The average molecular weight is 235 g/mol. The third kappa shape index (κ3) is 4.86. The third-order valence-electron chi connectivity index (χ3n) is 2.35. The second kappa shape index (κ2) is 8.43. The second-order valence-corrected chi connectivity index (χ2v) is 4.80. The minimum absolute atomic E-state index is 0.973. The molecule has 0 fully saturated rings. The summed E-state index contributed by atoms with van der Waals surface area (Å²) in [5.41, 5.74) is 1.39. The SMILES string of the molecule is C=CCSc1ccccc1CNCCCC. The topological polar surface area (TPSA) is 12.0 Å². The van der Waals surface area contributed by atoms with Crippen LogP contribution in [0.3, 0.4) is 0 Å². The molecule has 0 heterocycles. The van der Waals surface area contributed by atoms with Crippen LogP contribution in [0.5, 0.6) is 0 Å². The van der Waals surface area contributed by atoms with Crippen LogP contribution >= 0.6 is 11.8 Å². The van der Waals surface area contributed by atoms with Crippen molar-refractivity contribution in [3.8, 4) is 0 Å². The summed E-state index contributed by atoms with van der Waals surface area (Å²) in [6.45, 7) is 8.05. The van der Waals surface area contributed by atoms with Gasteiger partial charge in [-0.2, -0.15) is 0 Å². The molecule has 0 saturated carbocycles. The van der Waals surface area contributed by atoms with Crippen molar-refractivity contribution in [3.63, 3.8) is 0 Å². The van der Waals surface area contributed by atoms with Crippen molar-refractivity contribution in [2.75, 3.05) is 12.3 Å². The monoisotopic (exact) mass is 235 g/mol. The van der Waals surface area contributed by atoms with Crippen LogP contribution in [0.25, 0.3) is 0 Å². The molecule has 0 amide bonds. The van der Waals surface area contributed by atoms with Crippen LogP contribution < -0.4 is 5.32 Å². The lowest BCUT2D eigenvalue weighted by Gasteiger charge is -2.09. The molecule has 0 spiro atoms. The van der Waals surface area contributed by atoms with E-state index < -0.39 is 0 Å². The molecule has 0 bridgehead atoms. The normalized spacial score (nSPS) is 10.3. The van der Waals surface area contributed by atoms with E-state index in [1.54, 1.807) is 0 Å². The molecule has 1 nitrogen and oxygen atoms in total. The van der Waals surface area contributed by atoms with Gasteiger partial charge in [-0.1, -0.05) is 37.6 Å². The highest BCUT2D eigenvalue weighted by molar-refractivity contribution is 7.99. The highest BCUT2D eigenvalue weighted by Gasteiger charge is 2.00. The Morgan fingerprint density at radius 3 is 2.94 bits per heavy atom. The summed E-state index contributed by atoms with van der Waals surface area (Å²) in [5.74, 6) is 0.978. The van der Waals surface area contributed by atoms with Crippen LogP contribution in [-0.2, 0) is 6.54 Å². The summed E-state index contributed by atoms with van der Waals surface area (Å²) in [5, 5.41) is 3.48. The maximum absolute atomic E-state index is 3.76. The molecule has 1 rings (SSSR count). The van der Waals surface area contributed by atoms with E-state index in [-0.39, 0.29) is 0 Å². The van der Waals surface area contributed by atoms with Gasteiger partial charge in [0.05, 0.1) is 0 Å². The van der Waals surface area contributed by atoms with E-state index in [2.05, 4.69) is 43.1 Å². The number of hydrogen-bond donors (Lipinski definition) is 1. The molecular formula is C14H21NS. The third-order valence-corrected chi connectivity index (χ3v) is 3.46. The van der Waals surface area contributed by atoms with E-state index in [1.165, 1.54) is 23.3 Å². The Bertz CT molecular complexity index is 309. The lowest BCUT2D eigenvalue weighted by Crippen LogP contribution is -2.14. The lowest BCUT2D eigenvalue weighted by molar-refractivity contribution is 0.637. The Balaban J connectivity index is 2.46. The maximum atomic E-state index is 3.76. The first-order valence-electron chi connectivity index (χ1n) is 5.90. The minimum Gasteiger partial charge on any atom is -0.313 e. The number of nitrogens with one attached hydrogen (secondary N) is 1. The fraction of sp³-hybridized carbons (Fsp3) is 0.429. The highest BCUT2D eigenvalue weighted by Crippen LogP contribution is 2.22. The molecule has 1 aromatic rings. The van der Waals surface area contributed by atoms with E-state index in [0.717, 1.165) is 18.8 Å². The molecule has 1 N–H and O–H groups in total. The number of rotatable bonds is 8. The van der Waals surface area contributed by atoms with Gasteiger partial charge in [-0.15, -0.1) is 18.3 Å². The average Bonchev–Trinajstić information content (AvgIpc) is 2.33. The van der Waals surface area contributed by atoms with Gasteiger partial charge in [-0.3, -0.25) is 0 Å². The van der Waals surface area contributed by atoms with Crippen molar-refractivity contribution in [1.82, 2.24) is 5.32 Å². The van der Waals surface area contributed by atoms with Gasteiger partial charge in [-0.25, -0.2) is 0 Å². The molecule has 0 atom stereocenters. The van der Waals surface area contributed by atoms with E-state index in [0.29, 0.717) is 0 Å². The standard InChI is InChI=1S/C14H21NS/c1-3-5-10-15-12-13-8-6-7-9-14(13)16-11-4-2/h4,6-9,15H,2-3,5,10-12H2,1H3. The first-order valence-corrected chi connectivity index (χ1v) is 6.89. The summed E-state index contributed by atoms with van der Waals surface area (Å²) >= 11 is 1.85. The van der Waals surface area contributed by atoms with E-state index in [9.17, 15) is 0 Å². The predicted molar refractivity (Wildman–Crippen MR) is 74.0 cm³/mol. The largest absolute Gasteiger partial charge is 0.313 e. The number of benzene rings is 1. The van der Waals surface area contributed by atoms with Gasteiger partial charge in [0.25, 0.3) is 0 Å². The van der Waals surface area contributed by atoms with Gasteiger partial charge >= 0.3 is 0 Å². The van der Waals surface area contributed by atoms with Crippen LogP contribution in [0.4, 0.5) is 0 Å². The van der Waals surface area contributed by atoms with Crippen molar-refractivity contribution in [3.05, 3.63) is 42.5 Å². The molecule has 16 heavy (non-hydrogen) atoms. The van der Waals surface area contributed by atoms with Crippen LogP contribution in [0.15, 0.2) is 41.8 Å². The second-order valence-electron chi connectivity index (χ2n) is 3.74. The minimum atomic E-state index is 0.973. The highest BCUT2D eigenvalue weighted by atomic mass is 32.2. The zero-order valence-electron chi connectivity index (χ0n) is 10.0. The summed E-state index contributed by atoms with van der Waals surface area (Å²) < 4.78 is 0. The first kappa shape index (κ1) is 13.3. The van der Waals surface area contributed by atoms with Gasteiger partial charge in [0.1, 0.15) is 0 Å². The summed E-state index contributed by atoms with van der Waals surface area (Å²) in [6, 6.07) is 8.59. The van der Waals surface area contributed by atoms with E-state index >= 15 is 0 Å². The Morgan fingerprint density at radius 2 is 2.19 bits per heavy atom. The van der Waals surface area contributed by atoms with Crippen LogP contribution in [0, 0.1) is 0 Å². The fourth-order valence-corrected chi connectivity index (χ4v) is 2.26. The number of thioether (sulfide) groups is 1. The van der Waals surface area contributed by atoms with Gasteiger partial charge in [0.2, 0.25) is 0 Å². The number of unbranched alkanes of at least 4 members (excludes halogenated alkanes) is 1. The first-order chi connectivity index (χ1) is 7.88. The molecule has 0 aliphatic heterocycles. The zero-order chi connectivity index (χ0) is 11.6. The van der Waals surface area contributed by atoms with Crippen molar-refractivity contribution in [1.29, 1.82) is 0 Å². The molecule has 2 heteroatoms. The summed E-state index contributed by atoms with van der Waals surface area (Å²) in [6.07, 6.45) is 4.45. The fourth-order valence-electron chi connectivity index (χ4n) is 1.46.